The summed E-state index contributed by atoms with van der Waals surface area (Å²) in [7, 11) is 0. The molecule has 1 aliphatic heterocycles. The van der Waals surface area contributed by atoms with Crippen LogP contribution in [0.5, 0.6) is 5.75 Å². The van der Waals surface area contributed by atoms with E-state index < -0.39 is 11.7 Å². The highest BCUT2D eigenvalue weighted by molar-refractivity contribution is 9.09. The van der Waals surface area contributed by atoms with Crippen LogP contribution in [0.1, 0.15) is 36.0 Å². The largest absolute Gasteiger partial charge is 0.507 e. The number of rotatable bonds is 2. The molecule has 1 aromatic carbocycles. The molecule has 0 radical (unpaired) electrons. The molecule has 1 atom stereocenters. The zero-order chi connectivity index (χ0) is 13.8. The Hall–Kier alpha value is -1.10. The summed E-state index contributed by atoms with van der Waals surface area (Å²) in [4.78, 5) is 14.1. The third-order valence-electron chi connectivity index (χ3n) is 3.52. The molecule has 1 heterocycles. The van der Waals surface area contributed by atoms with Crippen molar-refractivity contribution in [2.45, 2.75) is 31.7 Å². The van der Waals surface area contributed by atoms with Gasteiger partial charge in [-0.05, 0) is 25.0 Å². The Morgan fingerprint density at radius 3 is 2.89 bits per heavy atom. The van der Waals surface area contributed by atoms with Crippen LogP contribution in [0, 0.1) is 5.82 Å². The van der Waals surface area contributed by atoms with Gasteiger partial charge in [-0.15, -0.1) is 0 Å². The lowest BCUT2D eigenvalue weighted by Crippen LogP contribution is -2.41. The molecule has 3 nitrogen and oxygen atoms in total. The van der Waals surface area contributed by atoms with Crippen molar-refractivity contribution in [3.8, 4) is 5.75 Å². The number of nitrogens with zero attached hydrogens (tertiary/aromatic N) is 1. The SMILES string of the molecule is O=C(c1c(O)cccc1F)N1CCCCCC1CBr. The summed E-state index contributed by atoms with van der Waals surface area (Å²) in [5, 5.41) is 10.4. The Balaban J connectivity index is 2.30. The maximum absolute atomic E-state index is 13.8. The van der Waals surface area contributed by atoms with Gasteiger partial charge in [-0.1, -0.05) is 34.8 Å². The number of carbonyl (C=O) groups is 1. The van der Waals surface area contributed by atoms with Crippen molar-refractivity contribution in [3.63, 3.8) is 0 Å². The van der Waals surface area contributed by atoms with Crippen LogP contribution in [-0.4, -0.2) is 33.8 Å². The summed E-state index contributed by atoms with van der Waals surface area (Å²) in [6, 6.07) is 4.01. The first kappa shape index (κ1) is 14.3. The molecule has 1 aliphatic rings. The molecule has 2 rings (SSSR count). The van der Waals surface area contributed by atoms with Gasteiger partial charge in [0.05, 0.1) is 0 Å². The average Bonchev–Trinajstić information content (AvgIpc) is 2.63. The number of carbonyl (C=O) groups excluding carboxylic acids is 1. The standard InChI is InChI=1S/C14H17BrFNO2/c15-9-10-5-2-1-3-8-17(10)14(19)13-11(16)6-4-7-12(13)18/h4,6-7,10,18H,1-3,5,8-9H2. The molecule has 104 valence electrons. The summed E-state index contributed by atoms with van der Waals surface area (Å²) in [6.45, 7) is 0.614. The highest BCUT2D eigenvalue weighted by Gasteiger charge is 2.28. The Kier molecular flexibility index (Phi) is 4.80. The number of amides is 1. The van der Waals surface area contributed by atoms with Crippen LogP contribution in [0.15, 0.2) is 18.2 Å². The number of aromatic hydroxyl groups is 1. The van der Waals surface area contributed by atoms with Crippen molar-refractivity contribution in [3.05, 3.63) is 29.6 Å². The smallest absolute Gasteiger partial charge is 0.260 e. The molecule has 1 saturated heterocycles. The van der Waals surface area contributed by atoms with Gasteiger partial charge < -0.3 is 10.0 Å². The third-order valence-corrected chi connectivity index (χ3v) is 4.27. The number of benzene rings is 1. The number of likely N-dealkylation sites (tertiary alicyclic amines) is 1. The second-order valence-electron chi connectivity index (χ2n) is 4.79. The molecule has 1 amide bonds. The Morgan fingerprint density at radius 1 is 1.42 bits per heavy atom. The van der Waals surface area contributed by atoms with Crippen LogP contribution >= 0.6 is 15.9 Å². The number of phenolic OH excluding ortho intramolecular Hbond substituents is 1. The maximum Gasteiger partial charge on any atom is 0.260 e. The van der Waals surface area contributed by atoms with Gasteiger partial charge in [0.1, 0.15) is 17.1 Å². The van der Waals surface area contributed by atoms with E-state index in [0.29, 0.717) is 11.9 Å². The fraction of sp³-hybridized carbons (Fsp3) is 0.500. The van der Waals surface area contributed by atoms with Crippen LogP contribution in [-0.2, 0) is 0 Å². The van der Waals surface area contributed by atoms with Crippen molar-refractivity contribution in [2.75, 3.05) is 11.9 Å². The van der Waals surface area contributed by atoms with E-state index in [2.05, 4.69) is 15.9 Å². The summed E-state index contributed by atoms with van der Waals surface area (Å²) in [5.41, 5.74) is -0.213. The van der Waals surface area contributed by atoms with E-state index in [4.69, 9.17) is 0 Å². The second kappa shape index (κ2) is 6.37. The van der Waals surface area contributed by atoms with Gasteiger partial charge in [-0.2, -0.15) is 0 Å². The minimum atomic E-state index is -0.664. The topological polar surface area (TPSA) is 40.5 Å². The highest BCUT2D eigenvalue weighted by atomic mass is 79.9. The number of hydrogen-bond acceptors (Lipinski definition) is 2. The Morgan fingerprint density at radius 2 is 2.21 bits per heavy atom. The van der Waals surface area contributed by atoms with Crippen molar-refractivity contribution in [2.24, 2.45) is 0 Å². The first-order valence-electron chi connectivity index (χ1n) is 6.49. The number of phenols is 1. The number of alkyl halides is 1. The van der Waals surface area contributed by atoms with Crippen LogP contribution in [0.2, 0.25) is 0 Å². The van der Waals surface area contributed by atoms with E-state index >= 15 is 0 Å². The summed E-state index contributed by atoms with van der Waals surface area (Å²) < 4.78 is 13.8. The van der Waals surface area contributed by atoms with Gasteiger partial charge in [0.15, 0.2) is 0 Å². The van der Waals surface area contributed by atoms with E-state index in [1.54, 1.807) is 4.90 Å². The Labute approximate surface area is 120 Å². The van der Waals surface area contributed by atoms with Gasteiger partial charge in [0.2, 0.25) is 0 Å². The lowest BCUT2D eigenvalue weighted by Gasteiger charge is -2.29. The molecule has 5 heteroatoms. The zero-order valence-electron chi connectivity index (χ0n) is 10.6. The van der Waals surface area contributed by atoms with E-state index in [1.807, 2.05) is 0 Å². The predicted octanol–water partition coefficient (Wildman–Crippen LogP) is 3.31. The normalized spacial score (nSPS) is 20.1. The molecule has 0 aromatic heterocycles. The molecular formula is C14H17BrFNO2. The molecule has 1 aromatic rings. The van der Waals surface area contributed by atoms with Crippen molar-refractivity contribution >= 4 is 21.8 Å². The second-order valence-corrected chi connectivity index (χ2v) is 5.44. The third kappa shape index (κ3) is 3.08. The molecule has 1 unspecified atom stereocenters. The van der Waals surface area contributed by atoms with Crippen LogP contribution < -0.4 is 0 Å². The Bertz CT molecular complexity index is 447. The van der Waals surface area contributed by atoms with Crippen molar-refractivity contribution in [1.29, 1.82) is 0 Å². The lowest BCUT2D eigenvalue weighted by molar-refractivity contribution is 0.0694. The van der Waals surface area contributed by atoms with Crippen LogP contribution in [0.4, 0.5) is 4.39 Å². The van der Waals surface area contributed by atoms with Crippen LogP contribution in [0.3, 0.4) is 0 Å². The molecular weight excluding hydrogens is 313 g/mol. The van der Waals surface area contributed by atoms with Gasteiger partial charge in [0, 0.05) is 17.9 Å². The van der Waals surface area contributed by atoms with Crippen LogP contribution in [0.25, 0.3) is 0 Å². The average molecular weight is 330 g/mol. The molecule has 1 N–H and O–H groups in total. The van der Waals surface area contributed by atoms with Gasteiger partial charge >= 0.3 is 0 Å². The van der Waals surface area contributed by atoms with E-state index in [1.165, 1.54) is 18.2 Å². The van der Waals surface area contributed by atoms with Gasteiger partial charge in [0.25, 0.3) is 5.91 Å². The minimum Gasteiger partial charge on any atom is -0.507 e. The van der Waals surface area contributed by atoms with E-state index in [9.17, 15) is 14.3 Å². The van der Waals surface area contributed by atoms with E-state index in [0.717, 1.165) is 25.7 Å². The molecule has 0 aliphatic carbocycles. The first-order chi connectivity index (χ1) is 9.15. The zero-order valence-corrected chi connectivity index (χ0v) is 12.2. The monoisotopic (exact) mass is 329 g/mol. The molecule has 19 heavy (non-hydrogen) atoms. The predicted molar refractivity (Wildman–Crippen MR) is 75.2 cm³/mol. The molecule has 0 saturated carbocycles. The fourth-order valence-electron chi connectivity index (χ4n) is 2.47. The fourth-order valence-corrected chi connectivity index (χ4v) is 3.15. The molecule has 1 fully saturated rings. The van der Waals surface area contributed by atoms with Gasteiger partial charge in [-0.25, -0.2) is 4.39 Å². The first-order valence-corrected chi connectivity index (χ1v) is 7.61. The van der Waals surface area contributed by atoms with Crippen molar-refractivity contribution < 1.29 is 14.3 Å². The van der Waals surface area contributed by atoms with Crippen molar-refractivity contribution in [1.82, 2.24) is 4.90 Å². The van der Waals surface area contributed by atoms with E-state index in [-0.39, 0.29) is 17.4 Å². The molecule has 0 spiro atoms. The maximum atomic E-state index is 13.8. The highest BCUT2D eigenvalue weighted by Crippen LogP contribution is 2.26. The summed E-state index contributed by atoms with van der Waals surface area (Å²) in [5.74, 6) is -1.37. The quantitative estimate of drug-likeness (QED) is 0.845. The number of halogens is 2. The lowest BCUT2D eigenvalue weighted by atomic mass is 10.1. The minimum absolute atomic E-state index is 0.0639. The summed E-state index contributed by atoms with van der Waals surface area (Å²) >= 11 is 3.41. The molecule has 0 bridgehead atoms. The number of hydrogen-bond donors (Lipinski definition) is 1. The summed E-state index contributed by atoms with van der Waals surface area (Å²) in [6.07, 6.45) is 3.98. The van der Waals surface area contributed by atoms with Gasteiger partial charge in [-0.3, -0.25) is 4.79 Å².